The predicted molar refractivity (Wildman–Crippen MR) is 54.9 cm³/mol. The molecule has 2 heterocycles. The molecule has 0 fully saturated rings. The Morgan fingerprint density at radius 2 is 1.93 bits per heavy atom. The first-order chi connectivity index (χ1) is 6.80. The molecule has 0 saturated heterocycles. The fraction of sp³-hybridized carbons (Fsp3) is 0. The molecule has 2 N–H and O–H groups in total. The molecule has 0 bridgehead atoms. The Kier molecular flexibility index (Phi) is 4.30. The van der Waals surface area contributed by atoms with Crippen molar-refractivity contribution < 1.29 is 4.79 Å². The molecular weight excluding hydrogens is 198 g/mol. The molecule has 4 nitrogen and oxygen atoms in total. The third kappa shape index (κ3) is 3.77. The normalized spacial score (nSPS) is 8.57. The number of rotatable bonds is 1. The van der Waals surface area contributed by atoms with Crippen molar-refractivity contribution in [2.45, 2.75) is 0 Å². The summed E-state index contributed by atoms with van der Waals surface area (Å²) in [4.78, 5) is 17.7. The highest BCUT2D eigenvalue weighted by Gasteiger charge is 1.98. The molecule has 0 aromatic carbocycles. The Bertz CT molecular complexity index is 334. The highest BCUT2D eigenvalue weighted by atomic mass is 32.1. The summed E-state index contributed by atoms with van der Waals surface area (Å²) >= 11 is 1.25. The summed E-state index contributed by atoms with van der Waals surface area (Å²) in [6.07, 6.45) is 5.05. The van der Waals surface area contributed by atoms with Gasteiger partial charge in [-0.25, -0.2) is 4.98 Å². The highest BCUT2D eigenvalue weighted by Crippen LogP contribution is 2.00. The van der Waals surface area contributed by atoms with Gasteiger partial charge in [0.15, 0.2) is 5.01 Å². The Balaban J connectivity index is 0.000000146. The third-order valence-corrected chi connectivity index (χ3v) is 2.00. The van der Waals surface area contributed by atoms with E-state index in [4.69, 9.17) is 5.73 Å². The van der Waals surface area contributed by atoms with E-state index in [0.29, 0.717) is 5.01 Å². The molecule has 0 aliphatic rings. The molecule has 0 radical (unpaired) electrons. The zero-order chi connectivity index (χ0) is 10.2. The lowest BCUT2D eigenvalue weighted by Crippen LogP contribution is -2.09. The van der Waals surface area contributed by atoms with E-state index in [1.165, 1.54) is 11.3 Å². The molecule has 0 aliphatic heterocycles. The van der Waals surface area contributed by atoms with Crippen LogP contribution >= 0.6 is 11.3 Å². The highest BCUT2D eigenvalue weighted by molar-refractivity contribution is 7.11. The molecule has 0 unspecified atom stereocenters. The Morgan fingerprint density at radius 3 is 2.14 bits per heavy atom. The Hall–Kier alpha value is -1.75. The lowest BCUT2D eigenvalue weighted by molar-refractivity contribution is 0.1000. The minimum atomic E-state index is -0.458. The molecule has 72 valence electrons. The van der Waals surface area contributed by atoms with Crippen molar-refractivity contribution in [2.75, 3.05) is 0 Å². The Morgan fingerprint density at radius 1 is 1.21 bits per heavy atom. The van der Waals surface area contributed by atoms with E-state index >= 15 is 0 Å². The van der Waals surface area contributed by atoms with Crippen molar-refractivity contribution in [1.29, 1.82) is 0 Å². The van der Waals surface area contributed by atoms with Gasteiger partial charge in [-0.15, -0.1) is 11.3 Å². The molecule has 0 aliphatic carbocycles. The summed E-state index contributed by atoms with van der Waals surface area (Å²) in [6, 6.07) is 5.72. The van der Waals surface area contributed by atoms with Crippen LogP contribution in [-0.4, -0.2) is 15.9 Å². The standard InChI is InChI=1S/C5H5N.C4H4N2OS/c1-2-4-6-5-3-1;5-3(7)4-6-1-2-8-4/h1-5H;1-2H,(H2,5,7). The number of carbonyl (C=O) groups is 1. The zero-order valence-corrected chi connectivity index (χ0v) is 8.15. The van der Waals surface area contributed by atoms with Gasteiger partial charge < -0.3 is 5.73 Å². The fourth-order valence-corrected chi connectivity index (χ4v) is 1.15. The van der Waals surface area contributed by atoms with E-state index in [0.717, 1.165) is 0 Å². The number of amides is 1. The summed E-state index contributed by atoms with van der Waals surface area (Å²) in [7, 11) is 0. The second-order valence-electron chi connectivity index (χ2n) is 2.23. The van der Waals surface area contributed by atoms with Crippen LogP contribution in [0.5, 0.6) is 0 Å². The fourth-order valence-electron chi connectivity index (χ4n) is 0.658. The average Bonchev–Trinajstić information content (AvgIpc) is 2.74. The second-order valence-corrected chi connectivity index (χ2v) is 3.12. The lowest BCUT2D eigenvalue weighted by Gasteiger charge is -1.78. The largest absolute Gasteiger partial charge is 0.364 e. The van der Waals surface area contributed by atoms with Gasteiger partial charge in [-0.3, -0.25) is 9.78 Å². The van der Waals surface area contributed by atoms with Crippen molar-refractivity contribution >= 4 is 17.2 Å². The molecule has 0 atom stereocenters. The molecule has 1 amide bonds. The van der Waals surface area contributed by atoms with Crippen LogP contribution in [0.3, 0.4) is 0 Å². The summed E-state index contributed by atoms with van der Waals surface area (Å²) < 4.78 is 0. The van der Waals surface area contributed by atoms with E-state index in [1.54, 1.807) is 24.0 Å². The van der Waals surface area contributed by atoms with Gasteiger partial charge in [-0.1, -0.05) is 6.07 Å². The first-order valence-electron chi connectivity index (χ1n) is 3.85. The van der Waals surface area contributed by atoms with Crippen molar-refractivity contribution in [3.63, 3.8) is 0 Å². The van der Waals surface area contributed by atoms with E-state index < -0.39 is 5.91 Å². The van der Waals surface area contributed by atoms with Crippen LogP contribution in [0, 0.1) is 0 Å². The molecule has 0 spiro atoms. The second kappa shape index (κ2) is 5.82. The number of carbonyl (C=O) groups excluding carboxylic acids is 1. The van der Waals surface area contributed by atoms with Gasteiger partial charge in [0, 0.05) is 24.0 Å². The van der Waals surface area contributed by atoms with Crippen LogP contribution in [0.25, 0.3) is 0 Å². The smallest absolute Gasteiger partial charge is 0.277 e. The average molecular weight is 207 g/mol. The number of primary amides is 1. The molecule has 2 aromatic heterocycles. The topological polar surface area (TPSA) is 68.9 Å². The van der Waals surface area contributed by atoms with Gasteiger partial charge in [0.1, 0.15) is 0 Å². The monoisotopic (exact) mass is 207 g/mol. The van der Waals surface area contributed by atoms with Gasteiger partial charge >= 0.3 is 0 Å². The van der Waals surface area contributed by atoms with Crippen LogP contribution < -0.4 is 5.73 Å². The molecular formula is C9H9N3OS. The summed E-state index contributed by atoms with van der Waals surface area (Å²) in [5.74, 6) is -0.458. The van der Waals surface area contributed by atoms with E-state index in [9.17, 15) is 4.79 Å². The maximum Gasteiger partial charge on any atom is 0.277 e. The number of nitrogens with zero attached hydrogens (tertiary/aromatic N) is 2. The van der Waals surface area contributed by atoms with E-state index in [1.807, 2.05) is 18.2 Å². The molecule has 5 heteroatoms. The number of thiazole rings is 1. The van der Waals surface area contributed by atoms with Crippen molar-refractivity contribution in [3.05, 3.63) is 47.2 Å². The first kappa shape index (κ1) is 10.3. The van der Waals surface area contributed by atoms with Crippen molar-refractivity contribution in [2.24, 2.45) is 5.73 Å². The van der Waals surface area contributed by atoms with Gasteiger partial charge in [-0.2, -0.15) is 0 Å². The molecule has 2 aromatic rings. The number of hydrogen-bond donors (Lipinski definition) is 1. The number of nitrogens with two attached hydrogens (primary N) is 1. The maximum absolute atomic E-state index is 10.2. The van der Waals surface area contributed by atoms with E-state index in [2.05, 4.69) is 9.97 Å². The zero-order valence-electron chi connectivity index (χ0n) is 7.33. The summed E-state index contributed by atoms with van der Waals surface area (Å²) in [5, 5.41) is 2.07. The van der Waals surface area contributed by atoms with Gasteiger partial charge in [-0.05, 0) is 12.1 Å². The molecule has 2 rings (SSSR count). The predicted octanol–water partition coefficient (Wildman–Crippen LogP) is 1.32. The minimum absolute atomic E-state index is 0.366. The summed E-state index contributed by atoms with van der Waals surface area (Å²) in [5.41, 5.74) is 4.87. The number of pyridine rings is 1. The minimum Gasteiger partial charge on any atom is -0.364 e. The summed E-state index contributed by atoms with van der Waals surface area (Å²) in [6.45, 7) is 0. The Labute approximate surface area is 85.4 Å². The van der Waals surface area contributed by atoms with Crippen molar-refractivity contribution in [1.82, 2.24) is 9.97 Å². The van der Waals surface area contributed by atoms with Crippen LogP contribution in [0.1, 0.15) is 9.80 Å². The van der Waals surface area contributed by atoms with Crippen LogP contribution in [0.4, 0.5) is 0 Å². The van der Waals surface area contributed by atoms with Crippen LogP contribution in [0.15, 0.2) is 42.2 Å². The van der Waals surface area contributed by atoms with Gasteiger partial charge in [0.25, 0.3) is 5.91 Å². The van der Waals surface area contributed by atoms with Gasteiger partial charge in [0.2, 0.25) is 0 Å². The quantitative estimate of drug-likeness (QED) is 0.766. The number of hydrogen-bond acceptors (Lipinski definition) is 4. The number of aromatic nitrogens is 2. The van der Waals surface area contributed by atoms with Crippen LogP contribution in [-0.2, 0) is 0 Å². The van der Waals surface area contributed by atoms with E-state index in [-0.39, 0.29) is 0 Å². The maximum atomic E-state index is 10.2. The lowest BCUT2D eigenvalue weighted by atomic mass is 10.5. The third-order valence-electron chi connectivity index (χ3n) is 1.21. The molecule has 14 heavy (non-hydrogen) atoms. The SMILES string of the molecule is NC(=O)c1nccs1.c1ccncc1. The van der Waals surface area contributed by atoms with Gasteiger partial charge in [0.05, 0.1) is 0 Å². The first-order valence-corrected chi connectivity index (χ1v) is 4.73. The van der Waals surface area contributed by atoms with Crippen molar-refractivity contribution in [3.8, 4) is 0 Å². The van der Waals surface area contributed by atoms with Crippen LogP contribution in [0.2, 0.25) is 0 Å². The molecule has 0 saturated carbocycles.